The van der Waals surface area contributed by atoms with Gasteiger partial charge in [-0.15, -0.1) is 0 Å². The monoisotopic (exact) mass is 186 g/mol. The fourth-order valence-corrected chi connectivity index (χ4v) is 1.02. The van der Waals surface area contributed by atoms with Gasteiger partial charge in [0, 0.05) is 24.2 Å². The third-order valence-corrected chi connectivity index (χ3v) is 1.81. The minimum absolute atomic E-state index is 0.200. The molecule has 0 aromatic carbocycles. The molecule has 0 fully saturated rings. The van der Waals surface area contributed by atoms with Crippen LogP contribution in [0.2, 0.25) is 0 Å². The molecule has 0 bridgehead atoms. The lowest BCUT2D eigenvalue weighted by molar-refractivity contribution is -0.524. The number of nitro groups is 1. The Kier molecular flexibility index (Phi) is 5.81. The molecule has 0 spiro atoms. The summed E-state index contributed by atoms with van der Waals surface area (Å²) in [5.41, 5.74) is 0. The maximum absolute atomic E-state index is 10.4. The fraction of sp³-hybridized carbons (Fsp3) is 0.875. The molecular formula is C8H14N2O3. The molecule has 5 nitrogen and oxygen atoms in total. The molecule has 0 rings (SSSR count). The lowest BCUT2D eigenvalue weighted by atomic mass is 10.1. The van der Waals surface area contributed by atoms with Crippen molar-refractivity contribution in [3.63, 3.8) is 0 Å². The summed E-state index contributed by atoms with van der Waals surface area (Å²) >= 11 is 0. The largest absolute Gasteiger partial charge is 0.393 e. The van der Waals surface area contributed by atoms with E-state index in [1.165, 1.54) is 0 Å². The predicted octanol–water partition coefficient (Wildman–Crippen LogP) is 1.10. The number of aliphatic hydroxyl groups excluding tert-OH is 1. The average molecular weight is 186 g/mol. The van der Waals surface area contributed by atoms with Gasteiger partial charge >= 0.3 is 0 Å². The van der Waals surface area contributed by atoms with Gasteiger partial charge in [0.1, 0.15) is 0 Å². The van der Waals surface area contributed by atoms with E-state index in [1.807, 2.05) is 6.07 Å². The molecule has 0 heterocycles. The highest BCUT2D eigenvalue weighted by Crippen LogP contribution is 2.09. The van der Waals surface area contributed by atoms with Crippen LogP contribution in [0.1, 0.15) is 32.6 Å². The van der Waals surface area contributed by atoms with E-state index in [2.05, 4.69) is 0 Å². The average Bonchev–Trinajstić information content (AvgIpc) is 2.03. The van der Waals surface area contributed by atoms with Gasteiger partial charge in [-0.1, -0.05) is 0 Å². The molecule has 13 heavy (non-hydrogen) atoms. The SMILES string of the molecule is CC(O)CCC(CCC#N)[N+](=O)[O-]. The summed E-state index contributed by atoms with van der Waals surface area (Å²) in [5, 5.41) is 27.6. The lowest BCUT2D eigenvalue weighted by Gasteiger charge is -2.08. The summed E-state index contributed by atoms with van der Waals surface area (Å²) in [6.07, 6.45) is 0.718. The summed E-state index contributed by atoms with van der Waals surface area (Å²) < 4.78 is 0. The number of aliphatic hydroxyl groups is 1. The summed E-state index contributed by atoms with van der Waals surface area (Å²) in [4.78, 5) is 10.1. The van der Waals surface area contributed by atoms with E-state index < -0.39 is 12.1 Å². The van der Waals surface area contributed by atoms with E-state index in [-0.39, 0.29) is 17.8 Å². The molecule has 0 aromatic heterocycles. The zero-order chi connectivity index (χ0) is 10.3. The second-order valence-electron chi connectivity index (χ2n) is 3.06. The molecule has 1 N–H and O–H groups in total. The van der Waals surface area contributed by atoms with Crippen molar-refractivity contribution in [2.24, 2.45) is 0 Å². The van der Waals surface area contributed by atoms with Crippen LogP contribution in [0.3, 0.4) is 0 Å². The van der Waals surface area contributed by atoms with Crippen LogP contribution in [-0.2, 0) is 0 Å². The Labute approximate surface area is 77.1 Å². The van der Waals surface area contributed by atoms with E-state index in [0.717, 1.165) is 0 Å². The molecule has 0 aliphatic heterocycles. The predicted molar refractivity (Wildman–Crippen MR) is 46.5 cm³/mol. The van der Waals surface area contributed by atoms with Crippen LogP contribution in [0, 0.1) is 21.4 Å². The first-order valence-corrected chi connectivity index (χ1v) is 4.26. The molecule has 0 saturated heterocycles. The van der Waals surface area contributed by atoms with Crippen LogP contribution in [0.15, 0.2) is 0 Å². The molecule has 0 aromatic rings. The van der Waals surface area contributed by atoms with Crippen molar-refractivity contribution >= 4 is 0 Å². The minimum atomic E-state index is -0.686. The van der Waals surface area contributed by atoms with Gasteiger partial charge in [-0.25, -0.2) is 0 Å². The Morgan fingerprint density at radius 1 is 1.54 bits per heavy atom. The van der Waals surface area contributed by atoms with Crippen molar-refractivity contribution in [2.75, 3.05) is 0 Å². The van der Waals surface area contributed by atoms with Crippen LogP contribution >= 0.6 is 0 Å². The maximum Gasteiger partial charge on any atom is 0.214 e. The van der Waals surface area contributed by atoms with Crippen LogP contribution in [0.25, 0.3) is 0 Å². The van der Waals surface area contributed by atoms with E-state index >= 15 is 0 Å². The summed E-state index contributed by atoms with van der Waals surface area (Å²) in [7, 11) is 0. The van der Waals surface area contributed by atoms with Gasteiger partial charge in [0.05, 0.1) is 12.2 Å². The Morgan fingerprint density at radius 3 is 2.54 bits per heavy atom. The Morgan fingerprint density at radius 2 is 2.15 bits per heavy atom. The van der Waals surface area contributed by atoms with Crippen LogP contribution in [0.4, 0.5) is 0 Å². The van der Waals surface area contributed by atoms with Crippen molar-refractivity contribution in [3.05, 3.63) is 10.1 Å². The first kappa shape index (κ1) is 11.8. The van der Waals surface area contributed by atoms with Crippen molar-refractivity contribution in [1.29, 1.82) is 5.26 Å². The highest BCUT2D eigenvalue weighted by Gasteiger charge is 2.19. The second kappa shape index (κ2) is 6.38. The van der Waals surface area contributed by atoms with E-state index in [1.54, 1.807) is 6.92 Å². The van der Waals surface area contributed by atoms with Crippen LogP contribution in [-0.4, -0.2) is 22.2 Å². The summed E-state index contributed by atoms with van der Waals surface area (Å²) in [6, 6.07) is 1.19. The second-order valence-corrected chi connectivity index (χ2v) is 3.06. The van der Waals surface area contributed by atoms with Gasteiger partial charge in [0.25, 0.3) is 0 Å². The highest BCUT2D eigenvalue weighted by molar-refractivity contribution is 4.72. The first-order valence-electron chi connectivity index (χ1n) is 4.26. The topological polar surface area (TPSA) is 87.2 Å². The zero-order valence-electron chi connectivity index (χ0n) is 7.64. The smallest absolute Gasteiger partial charge is 0.214 e. The lowest BCUT2D eigenvalue weighted by Crippen LogP contribution is -2.20. The number of hydrogen-bond acceptors (Lipinski definition) is 4. The molecular weight excluding hydrogens is 172 g/mol. The van der Waals surface area contributed by atoms with Gasteiger partial charge in [-0.2, -0.15) is 5.26 Å². The molecule has 0 amide bonds. The van der Waals surface area contributed by atoms with E-state index in [4.69, 9.17) is 10.4 Å². The van der Waals surface area contributed by atoms with Crippen molar-refractivity contribution < 1.29 is 10.0 Å². The van der Waals surface area contributed by atoms with Gasteiger partial charge in [0.2, 0.25) is 6.04 Å². The molecule has 2 atom stereocenters. The molecule has 2 unspecified atom stereocenters. The molecule has 0 saturated carbocycles. The van der Waals surface area contributed by atoms with E-state index in [9.17, 15) is 10.1 Å². The van der Waals surface area contributed by atoms with Crippen molar-refractivity contribution in [1.82, 2.24) is 0 Å². The third kappa shape index (κ3) is 6.05. The standard InChI is InChI=1S/C8H14N2O3/c1-7(11)4-5-8(10(12)13)3-2-6-9/h7-8,11H,2-5H2,1H3. The van der Waals surface area contributed by atoms with E-state index in [0.29, 0.717) is 12.8 Å². The zero-order valence-corrected chi connectivity index (χ0v) is 7.64. The minimum Gasteiger partial charge on any atom is -0.393 e. The van der Waals surface area contributed by atoms with Gasteiger partial charge < -0.3 is 5.11 Å². The number of hydrogen-bond donors (Lipinski definition) is 1. The Hall–Kier alpha value is -1.15. The van der Waals surface area contributed by atoms with Gasteiger partial charge in [-0.05, 0) is 13.3 Å². The fourth-order valence-electron chi connectivity index (χ4n) is 1.02. The van der Waals surface area contributed by atoms with Crippen molar-refractivity contribution in [3.8, 4) is 6.07 Å². The quantitative estimate of drug-likeness (QED) is 0.497. The molecule has 0 aliphatic rings. The molecule has 74 valence electrons. The summed E-state index contributed by atoms with van der Waals surface area (Å²) in [6.45, 7) is 1.60. The Bertz CT molecular complexity index is 198. The third-order valence-electron chi connectivity index (χ3n) is 1.81. The van der Waals surface area contributed by atoms with Gasteiger partial charge in [-0.3, -0.25) is 10.1 Å². The normalized spacial score (nSPS) is 14.5. The molecule has 5 heteroatoms. The number of rotatable bonds is 6. The molecule has 0 radical (unpaired) electrons. The van der Waals surface area contributed by atoms with Gasteiger partial charge in [0.15, 0.2) is 0 Å². The van der Waals surface area contributed by atoms with Crippen molar-refractivity contribution in [2.45, 2.75) is 44.8 Å². The van der Waals surface area contributed by atoms with Crippen LogP contribution < -0.4 is 0 Å². The van der Waals surface area contributed by atoms with Crippen LogP contribution in [0.5, 0.6) is 0 Å². The Balaban J connectivity index is 3.82. The number of nitriles is 1. The number of nitrogens with zero attached hydrogens (tertiary/aromatic N) is 2. The summed E-state index contributed by atoms with van der Waals surface area (Å²) in [5.74, 6) is 0. The highest BCUT2D eigenvalue weighted by atomic mass is 16.6. The first-order chi connectivity index (χ1) is 6.07. The maximum atomic E-state index is 10.4. The molecule has 0 aliphatic carbocycles.